The highest BCUT2D eigenvalue weighted by molar-refractivity contribution is 6.25. The van der Waals surface area contributed by atoms with Crippen LogP contribution in [0.25, 0.3) is 110 Å². The molecular formula is C55H36N4. The predicted octanol–water partition coefficient (Wildman–Crippen LogP) is 14.1. The molecule has 9 aromatic carbocycles. The molecule has 0 radical (unpaired) electrons. The van der Waals surface area contributed by atoms with Crippen LogP contribution in [0.1, 0.15) is 25.0 Å². The number of aromatic nitrogens is 4. The second kappa shape index (κ2) is 11.7. The summed E-state index contributed by atoms with van der Waals surface area (Å²) in [5.41, 5.74) is 14.4. The largest absolute Gasteiger partial charge is 0.307 e. The van der Waals surface area contributed by atoms with E-state index in [1.165, 1.54) is 60.1 Å². The Bertz CT molecular complexity index is 3750. The summed E-state index contributed by atoms with van der Waals surface area (Å²) in [6, 6.07) is 66.1. The van der Waals surface area contributed by atoms with Crippen molar-refractivity contribution in [1.29, 1.82) is 0 Å². The Hall–Kier alpha value is -7.56. The van der Waals surface area contributed by atoms with Crippen LogP contribution < -0.4 is 0 Å². The number of para-hydroxylation sites is 3. The van der Waals surface area contributed by atoms with E-state index < -0.39 is 0 Å². The molecule has 3 heterocycles. The van der Waals surface area contributed by atoms with Crippen LogP contribution in [-0.4, -0.2) is 19.1 Å². The Balaban J connectivity index is 1.24. The van der Waals surface area contributed by atoms with Crippen LogP contribution in [-0.2, 0) is 5.41 Å². The summed E-state index contributed by atoms with van der Waals surface area (Å²) in [5, 5.41) is 9.32. The molecule has 0 N–H and O–H groups in total. The van der Waals surface area contributed by atoms with Crippen molar-refractivity contribution in [3.8, 4) is 33.9 Å². The number of nitrogens with zero attached hydrogens (tertiary/aromatic N) is 4. The van der Waals surface area contributed by atoms with Crippen molar-refractivity contribution in [2.75, 3.05) is 0 Å². The monoisotopic (exact) mass is 752 g/mol. The first-order valence-corrected chi connectivity index (χ1v) is 20.4. The summed E-state index contributed by atoms with van der Waals surface area (Å²) in [5.74, 6) is 0.815. The Labute approximate surface area is 340 Å². The molecule has 0 spiro atoms. The highest BCUT2D eigenvalue weighted by Crippen LogP contribution is 2.50. The lowest BCUT2D eigenvalue weighted by Crippen LogP contribution is -2.15. The minimum Gasteiger partial charge on any atom is -0.307 e. The quantitative estimate of drug-likeness (QED) is 0.169. The van der Waals surface area contributed by atoms with Crippen LogP contribution >= 0.6 is 0 Å². The van der Waals surface area contributed by atoms with E-state index in [2.05, 4.69) is 205 Å². The lowest BCUT2D eigenvalue weighted by atomic mass is 9.82. The number of rotatable bonds is 3. The lowest BCUT2D eigenvalue weighted by Gasteiger charge is -2.22. The standard InChI is InChI=1S/C55H36N4/c1-55(2)45-25-13-10-20-37(45)38-29-28-33(32-46(38)55)49-54(57-51-42-24-9-7-19-36(42)35-18-6-8-23-41(35)50(51)56-49)59-48-27-15-12-22-40(48)44-31-30-43-39-21-11-14-26-47(39)58(52(43)53(44)59)34-16-4-3-5-17-34/h3-32H,1-2H3. The van der Waals surface area contributed by atoms with E-state index in [0.29, 0.717) is 0 Å². The number of hydrogen-bond donors (Lipinski definition) is 0. The summed E-state index contributed by atoms with van der Waals surface area (Å²) in [7, 11) is 0. The van der Waals surface area contributed by atoms with Crippen LogP contribution in [0.15, 0.2) is 182 Å². The van der Waals surface area contributed by atoms with Crippen LogP contribution in [0.5, 0.6) is 0 Å². The first kappa shape index (κ1) is 32.5. The van der Waals surface area contributed by atoms with Gasteiger partial charge in [0.15, 0.2) is 5.82 Å². The second-order valence-electron chi connectivity index (χ2n) is 16.5. The van der Waals surface area contributed by atoms with E-state index in [0.717, 1.165) is 61.1 Å². The van der Waals surface area contributed by atoms with E-state index in [4.69, 9.17) is 9.97 Å². The third-order valence-corrected chi connectivity index (χ3v) is 13.1. The van der Waals surface area contributed by atoms with Crippen LogP contribution in [0.4, 0.5) is 0 Å². The molecule has 12 aromatic rings. The van der Waals surface area contributed by atoms with Crippen LogP contribution in [0.3, 0.4) is 0 Å². The second-order valence-corrected chi connectivity index (χ2v) is 16.5. The normalized spacial score (nSPS) is 13.4. The van der Waals surface area contributed by atoms with Gasteiger partial charge < -0.3 is 4.57 Å². The zero-order valence-electron chi connectivity index (χ0n) is 32.6. The number of fused-ring (bicyclic) bond motifs is 16. The zero-order chi connectivity index (χ0) is 39.0. The van der Waals surface area contributed by atoms with Gasteiger partial charge in [-0.15, -0.1) is 0 Å². The van der Waals surface area contributed by atoms with Gasteiger partial charge in [0.1, 0.15) is 5.69 Å². The van der Waals surface area contributed by atoms with Crippen molar-refractivity contribution in [2.24, 2.45) is 0 Å². The molecule has 276 valence electrons. The molecular weight excluding hydrogens is 717 g/mol. The summed E-state index contributed by atoms with van der Waals surface area (Å²) in [4.78, 5) is 11.7. The molecule has 0 bridgehead atoms. The molecule has 1 aliphatic rings. The molecule has 0 amide bonds. The van der Waals surface area contributed by atoms with Gasteiger partial charge in [-0.25, -0.2) is 9.97 Å². The smallest absolute Gasteiger partial charge is 0.165 e. The first-order chi connectivity index (χ1) is 29.1. The summed E-state index contributed by atoms with van der Waals surface area (Å²) in [6.07, 6.45) is 0. The van der Waals surface area contributed by atoms with E-state index in [1.54, 1.807) is 0 Å². The van der Waals surface area contributed by atoms with E-state index >= 15 is 0 Å². The maximum atomic E-state index is 5.90. The zero-order valence-corrected chi connectivity index (χ0v) is 32.6. The summed E-state index contributed by atoms with van der Waals surface area (Å²) >= 11 is 0. The fourth-order valence-corrected chi connectivity index (χ4v) is 10.4. The van der Waals surface area contributed by atoms with Crippen LogP contribution in [0, 0.1) is 0 Å². The van der Waals surface area contributed by atoms with Crippen molar-refractivity contribution in [1.82, 2.24) is 19.1 Å². The van der Waals surface area contributed by atoms with Crippen molar-refractivity contribution in [3.63, 3.8) is 0 Å². The predicted molar refractivity (Wildman–Crippen MR) is 246 cm³/mol. The maximum Gasteiger partial charge on any atom is 0.165 e. The third-order valence-electron chi connectivity index (χ3n) is 13.1. The highest BCUT2D eigenvalue weighted by atomic mass is 15.1. The Morgan fingerprint density at radius 2 is 0.898 bits per heavy atom. The van der Waals surface area contributed by atoms with E-state index in [1.807, 2.05) is 0 Å². The molecule has 1 aliphatic carbocycles. The van der Waals surface area contributed by atoms with Gasteiger partial charge in [0.25, 0.3) is 0 Å². The minimum absolute atomic E-state index is 0.176. The third kappa shape index (κ3) is 4.32. The van der Waals surface area contributed by atoms with Gasteiger partial charge in [-0.05, 0) is 63.4 Å². The Kier molecular flexibility index (Phi) is 6.48. The molecule has 0 atom stereocenters. The SMILES string of the molecule is CC1(C)c2ccccc2-c2ccc(-c3nc4c5ccccc5c5ccccc5c4nc3-n3c4ccccc4c4ccc5c6ccccc6n(-c6ccccc6)c5c43)cc21. The van der Waals surface area contributed by atoms with Crippen molar-refractivity contribution >= 4 is 76.2 Å². The average Bonchev–Trinajstić information content (AvgIpc) is 3.89. The van der Waals surface area contributed by atoms with Gasteiger partial charge in [0.05, 0.1) is 33.1 Å². The number of hydrogen-bond acceptors (Lipinski definition) is 2. The number of benzene rings is 9. The molecule has 0 saturated heterocycles. The van der Waals surface area contributed by atoms with Crippen LogP contribution in [0.2, 0.25) is 0 Å². The van der Waals surface area contributed by atoms with E-state index in [9.17, 15) is 0 Å². The fraction of sp³-hybridized carbons (Fsp3) is 0.0545. The van der Waals surface area contributed by atoms with Crippen molar-refractivity contribution in [3.05, 3.63) is 193 Å². The highest BCUT2D eigenvalue weighted by Gasteiger charge is 2.36. The van der Waals surface area contributed by atoms with Gasteiger partial charge in [-0.3, -0.25) is 4.57 Å². The van der Waals surface area contributed by atoms with Crippen molar-refractivity contribution in [2.45, 2.75) is 19.3 Å². The molecule has 3 aromatic heterocycles. The molecule has 59 heavy (non-hydrogen) atoms. The lowest BCUT2D eigenvalue weighted by molar-refractivity contribution is 0.660. The van der Waals surface area contributed by atoms with Gasteiger partial charge in [0.2, 0.25) is 0 Å². The summed E-state index contributed by atoms with van der Waals surface area (Å²) < 4.78 is 4.86. The van der Waals surface area contributed by atoms with E-state index in [-0.39, 0.29) is 5.41 Å². The Morgan fingerprint density at radius 1 is 0.390 bits per heavy atom. The Morgan fingerprint density at radius 3 is 1.58 bits per heavy atom. The molecule has 13 rings (SSSR count). The topological polar surface area (TPSA) is 35.6 Å². The van der Waals surface area contributed by atoms with Gasteiger partial charge >= 0.3 is 0 Å². The summed E-state index contributed by atoms with van der Waals surface area (Å²) in [6.45, 7) is 4.69. The molecule has 4 nitrogen and oxygen atoms in total. The maximum absolute atomic E-state index is 5.90. The van der Waals surface area contributed by atoms with Crippen molar-refractivity contribution < 1.29 is 0 Å². The first-order valence-electron chi connectivity index (χ1n) is 20.4. The average molecular weight is 753 g/mol. The molecule has 0 fully saturated rings. The molecule has 0 aliphatic heterocycles. The van der Waals surface area contributed by atoms with Gasteiger partial charge in [-0.2, -0.15) is 0 Å². The van der Waals surface area contributed by atoms with Gasteiger partial charge in [-0.1, -0.05) is 166 Å². The minimum atomic E-state index is -0.176. The van der Waals surface area contributed by atoms with Gasteiger partial charge in [0, 0.05) is 49.0 Å². The fourth-order valence-electron chi connectivity index (χ4n) is 10.4. The molecule has 0 unspecified atom stereocenters. The molecule has 0 saturated carbocycles. The molecule has 4 heteroatoms.